The predicted octanol–water partition coefficient (Wildman–Crippen LogP) is 4.13. The normalized spacial score (nSPS) is 15.1. The lowest BCUT2D eigenvalue weighted by molar-refractivity contribution is -0.116. The van der Waals surface area contributed by atoms with Crippen LogP contribution < -0.4 is 10.9 Å². The maximum absolute atomic E-state index is 13.3. The van der Waals surface area contributed by atoms with Gasteiger partial charge in [0.15, 0.2) is 10.8 Å². The molecule has 1 N–H and O–H groups in total. The maximum atomic E-state index is 13.3. The van der Waals surface area contributed by atoms with Gasteiger partial charge < -0.3 is 5.32 Å². The number of hydrogen-bond donors (Lipinski definition) is 1. The molecule has 0 fully saturated rings. The van der Waals surface area contributed by atoms with Crippen LogP contribution in [0.15, 0.2) is 64.7 Å². The van der Waals surface area contributed by atoms with Gasteiger partial charge in [0.25, 0.3) is 5.56 Å². The molecule has 1 aliphatic heterocycles. The molecule has 2 aromatic carbocycles. The standard InChI is InChI=1S/C24H23N5O2S/c1-3-16-8-4-5-10-20(16)26-21(30)12-18-14-32-24-27-22-19(23(31)28(18)24)13-25-29(22)17-9-6-7-15(2)11-17/h4-11,13,18H,3,12,14H2,1-2H3,(H,26,30). The number of anilines is 1. The van der Waals surface area contributed by atoms with Gasteiger partial charge in [0.2, 0.25) is 5.91 Å². The molecule has 32 heavy (non-hydrogen) atoms. The minimum absolute atomic E-state index is 0.105. The van der Waals surface area contributed by atoms with Gasteiger partial charge in [0.1, 0.15) is 5.39 Å². The number of rotatable bonds is 5. The van der Waals surface area contributed by atoms with Gasteiger partial charge >= 0.3 is 0 Å². The second kappa shape index (κ2) is 8.27. The van der Waals surface area contributed by atoms with Gasteiger partial charge in [-0.1, -0.05) is 49.0 Å². The summed E-state index contributed by atoms with van der Waals surface area (Å²) in [5, 5.41) is 8.51. The molecule has 7 nitrogen and oxygen atoms in total. The zero-order chi connectivity index (χ0) is 22.2. The topological polar surface area (TPSA) is 81.8 Å². The summed E-state index contributed by atoms with van der Waals surface area (Å²) in [4.78, 5) is 30.8. The number of aromatic nitrogens is 4. The van der Waals surface area contributed by atoms with E-state index in [1.165, 1.54) is 11.8 Å². The third kappa shape index (κ3) is 3.60. The van der Waals surface area contributed by atoms with Gasteiger partial charge in [-0.05, 0) is 42.7 Å². The summed E-state index contributed by atoms with van der Waals surface area (Å²) in [6.07, 6.45) is 2.62. The van der Waals surface area contributed by atoms with Gasteiger partial charge in [-0.3, -0.25) is 14.2 Å². The molecule has 5 rings (SSSR count). The highest BCUT2D eigenvalue weighted by Crippen LogP contribution is 2.33. The van der Waals surface area contributed by atoms with E-state index >= 15 is 0 Å². The molecule has 4 aromatic rings. The molecule has 162 valence electrons. The van der Waals surface area contributed by atoms with Crippen molar-refractivity contribution in [2.45, 2.75) is 37.9 Å². The van der Waals surface area contributed by atoms with E-state index in [2.05, 4.69) is 17.3 Å². The molecule has 1 amide bonds. The van der Waals surface area contributed by atoms with Crippen molar-refractivity contribution in [3.05, 3.63) is 76.2 Å². The van der Waals surface area contributed by atoms with Crippen LogP contribution in [0.5, 0.6) is 0 Å². The number of aryl methyl sites for hydroxylation is 2. The predicted molar refractivity (Wildman–Crippen MR) is 127 cm³/mol. The first-order chi connectivity index (χ1) is 15.5. The van der Waals surface area contributed by atoms with E-state index in [0.717, 1.165) is 28.9 Å². The monoisotopic (exact) mass is 445 g/mol. The Morgan fingerprint density at radius 2 is 2.06 bits per heavy atom. The number of nitrogens with zero attached hydrogens (tertiary/aromatic N) is 4. The Balaban J connectivity index is 1.45. The summed E-state index contributed by atoms with van der Waals surface area (Å²) in [6.45, 7) is 4.07. The van der Waals surface area contributed by atoms with Crippen LogP contribution in [0.3, 0.4) is 0 Å². The van der Waals surface area contributed by atoms with Crippen LogP contribution in [0, 0.1) is 6.92 Å². The fourth-order valence-corrected chi connectivity index (χ4v) is 5.23. The lowest BCUT2D eigenvalue weighted by Crippen LogP contribution is -2.28. The van der Waals surface area contributed by atoms with Crippen LogP contribution in [0.1, 0.15) is 30.5 Å². The number of hydrogen-bond acceptors (Lipinski definition) is 5. The van der Waals surface area contributed by atoms with E-state index in [1.807, 2.05) is 55.5 Å². The van der Waals surface area contributed by atoms with Crippen LogP contribution in [0.2, 0.25) is 0 Å². The van der Waals surface area contributed by atoms with Crippen LogP contribution >= 0.6 is 11.8 Å². The van der Waals surface area contributed by atoms with Crippen molar-refractivity contribution < 1.29 is 4.79 Å². The maximum Gasteiger partial charge on any atom is 0.265 e. The smallest absolute Gasteiger partial charge is 0.265 e. The number of fused-ring (bicyclic) bond motifs is 2. The molecule has 0 saturated carbocycles. The minimum atomic E-state index is -0.240. The molecule has 3 heterocycles. The van der Waals surface area contributed by atoms with Gasteiger partial charge in [-0.2, -0.15) is 5.10 Å². The quantitative estimate of drug-likeness (QED) is 0.467. The van der Waals surface area contributed by atoms with Crippen molar-refractivity contribution in [3.8, 4) is 5.69 Å². The van der Waals surface area contributed by atoms with E-state index in [1.54, 1.807) is 15.4 Å². The minimum Gasteiger partial charge on any atom is -0.326 e. The van der Waals surface area contributed by atoms with Gasteiger partial charge in [-0.25, -0.2) is 9.67 Å². The zero-order valence-corrected chi connectivity index (χ0v) is 18.7. The van der Waals surface area contributed by atoms with E-state index in [-0.39, 0.29) is 23.9 Å². The zero-order valence-electron chi connectivity index (χ0n) is 17.9. The molecule has 0 saturated heterocycles. The molecule has 0 aliphatic carbocycles. The van der Waals surface area contributed by atoms with Crippen molar-refractivity contribution >= 4 is 34.4 Å². The molecular weight excluding hydrogens is 422 g/mol. The summed E-state index contributed by atoms with van der Waals surface area (Å²) in [5.74, 6) is 0.530. The van der Waals surface area contributed by atoms with Crippen molar-refractivity contribution in [3.63, 3.8) is 0 Å². The van der Waals surface area contributed by atoms with Crippen molar-refractivity contribution in [2.75, 3.05) is 11.1 Å². The highest BCUT2D eigenvalue weighted by Gasteiger charge is 2.29. The van der Waals surface area contributed by atoms with Crippen molar-refractivity contribution in [1.29, 1.82) is 0 Å². The Morgan fingerprint density at radius 1 is 1.22 bits per heavy atom. The molecular formula is C24H23N5O2S. The first-order valence-electron chi connectivity index (χ1n) is 10.6. The number of amides is 1. The first kappa shape index (κ1) is 20.5. The average Bonchev–Trinajstić information content (AvgIpc) is 3.39. The fraction of sp³-hybridized carbons (Fsp3) is 0.250. The van der Waals surface area contributed by atoms with Crippen LogP contribution in [-0.4, -0.2) is 31.0 Å². The van der Waals surface area contributed by atoms with E-state index in [9.17, 15) is 9.59 Å². The second-order valence-electron chi connectivity index (χ2n) is 7.93. The Morgan fingerprint density at radius 3 is 2.88 bits per heavy atom. The Hall–Kier alpha value is -3.39. The Kier molecular flexibility index (Phi) is 5.30. The summed E-state index contributed by atoms with van der Waals surface area (Å²) >= 11 is 1.50. The van der Waals surface area contributed by atoms with E-state index in [0.29, 0.717) is 21.9 Å². The van der Waals surface area contributed by atoms with Gasteiger partial charge in [0, 0.05) is 17.9 Å². The summed E-state index contributed by atoms with van der Waals surface area (Å²) in [6, 6.07) is 15.5. The van der Waals surface area contributed by atoms with Crippen LogP contribution in [0.25, 0.3) is 16.7 Å². The first-order valence-corrected chi connectivity index (χ1v) is 11.6. The van der Waals surface area contributed by atoms with Gasteiger partial charge in [0.05, 0.1) is 17.9 Å². The van der Waals surface area contributed by atoms with E-state index in [4.69, 9.17) is 4.98 Å². The number of carbonyl (C=O) groups excluding carboxylic acids is 1. The van der Waals surface area contributed by atoms with Crippen LogP contribution in [-0.2, 0) is 11.2 Å². The largest absolute Gasteiger partial charge is 0.326 e. The Bertz CT molecular complexity index is 1390. The van der Waals surface area contributed by atoms with Crippen molar-refractivity contribution in [2.24, 2.45) is 0 Å². The van der Waals surface area contributed by atoms with E-state index < -0.39 is 0 Å². The molecule has 1 atom stereocenters. The highest BCUT2D eigenvalue weighted by molar-refractivity contribution is 7.99. The number of thioether (sulfide) groups is 1. The third-order valence-corrected chi connectivity index (χ3v) is 6.81. The molecule has 0 bridgehead atoms. The lowest BCUT2D eigenvalue weighted by Gasteiger charge is -2.15. The number of carbonyl (C=O) groups is 1. The summed E-state index contributed by atoms with van der Waals surface area (Å²) in [5.41, 5.74) is 4.28. The molecule has 2 aromatic heterocycles. The highest BCUT2D eigenvalue weighted by atomic mass is 32.2. The average molecular weight is 446 g/mol. The number of benzene rings is 2. The van der Waals surface area contributed by atoms with Crippen molar-refractivity contribution in [1.82, 2.24) is 19.3 Å². The number of nitrogens with one attached hydrogen (secondary N) is 1. The third-order valence-electron chi connectivity index (χ3n) is 5.71. The summed E-state index contributed by atoms with van der Waals surface area (Å²) < 4.78 is 3.35. The molecule has 1 unspecified atom stereocenters. The number of para-hydroxylation sites is 1. The summed E-state index contributed by atoms with van der Waals surface area (Å²) in [7, 11) is 0. The second-order valence-corrected chi connectivity index (χ2v) is 8.92. The van der Waals surface area contributed by atoms with Crippen LogP contribution in [0.4, 0.5) is 5.69 Å². The molecule has 0 spiro atoms. The molecule has 8 heteroatoms. The Labute approximate surface area is 189 Å². The molecule has 1 aliphatic rings. The van der Waals surface area contributed by atoms with Gasteiger partial charge in [-0.15, -0.1) is 0 Å². The molecule has 0 radical (unpaired) electrons. The SMILES string of the molecule is CCc1ccccc1NC(=O)CC1CSc2nc3c(cnn3-c3cccc(C)c3)c(=O)n21. The lowest BCUT2D eigenvalue weighted by atomic mass is 10.1. The fourth-order valence-electron chi connectivity index (χ4n) is 4.10.